The molecule has 0 aromatic heterocycles. The van der Waals surface area contributed by atoms with Gasteiger partial charge in [-0.15, -0.1) is 0 Å². The van der Waals surface area contributed by atoms with Gasteiger partial charge in [-0.1, -0.05) is 6.08 Å². The van der Waals surface area contributed by atoms with E-state index in [4.69, 9.17) is 4.74 Å². The molecule has 7 heteroatoms. The second-order valence-electron chi connectivity index (χ2n) is 4.99. The molecule has 2 rings (SSSR count). The molecule has 1 amide bonds. The molecule has 0 bridgehead atoms. The van der Waals surface area contributed by atoms with Gasteiger partial charge in [0.1, 0.15) is 5.75 Å². The summed E-state index contributed by atoms with van der Waals surface area (Å²) in [5.74, 6) is -1.21. The maximum Gasteiger partial charge on any atom is 0.471 e. The first kappa shape index (κ1) is 16.9. The Bertz CT molecular complexity index is 639. The van der Waals surface area contributed by atoms with E-state index in [0.717, 1.165) is 39.6 Å². The molecule has 22 heavy (non-hydrogen) atoms. The third-order valence-electron chi connectivity index (χ3n) is 3.61. The SMILES string of the molecule is COc1c(Br)cc2c(c1C)/C(=C\CNC(=O)C(F)(F)F)CC2. The van der Waals surface area contributed by atoms with Crippen molar-refractivity contribution in [2.75, 3.05) is 13.7 Å². The van der Waals surface area contributed by atoms with Gasteiger partial charge in [0.25, 0.3) is 0 Å². The zero-order chi connectivity index (χ0) is 16.5. The van der Waals surface area contributed by atoms with Crippen molar-refractivity contribution in [3.8, 4) is 5.75 Å². The van der Waals surface area contributed by atoms with Crippen molar-refractivity contribution in [2.45, 2.75) is 25.9 Å². The van der Waals surface area contributed by atoms with E-state index < -0.39 is 12.1 Å². The number of fused-ring (bicyclic) bond motifs is 1. The quantitative estimate of drug-likeness (QED) is 0.870. The van der Waals surface area contributed by atoms with Crippen LogP contribution in [0.2, 0.25) is 0 Å². The molecular weight excluding hydrogens is 363 g/mol. The number of benzene rings is 1. The van der Waals surface area contributed by atoms with Gasteiger partial charge >= 0.3 is 12.1 Å². The predicted molar refractivity (Wildman–Crippen MR) is 80.8 cm³/mol. The van der Waals surface area contributed by atoms with Crippen LogP contribution in [0.5, 0.6) is 5.75 Å². The molecular formula is C15H15BrF3NO2. The summed E-state index contributed by atoms with van der Waals surface area (Å²) in [6, 6.07) is 1.97. The molecule has 0 unspecified atom stereocenters. The van der Waals surface area contributed by atoms with Gasteiger partial charge in [-0.3, -0.25) is 4.79 Å². The largest absolute Gasteiger partial charge is 0.495 e. The fourth-order valence-corrected chi connectivity index (χ4v) is 3.42. The van der Waals surface area contributed by atoms with Gasteiger partial charge in [0.2, 0.25) is 0 Å². The summed E-state index contributed by atoms with van der Waals surface area (Å²) >= 11 is 3.45. The van der Waals surface area contributed by atoms with Crippen molar-refractivity contribution < 1.29 is 22.7 Å². The molecule has 1 aromatic rings. The number of halogens is 4. The summed E-state index contributed by atoms with van der Waals surface area (Å²) in [4.78, 5) is 10.8. The van der Waals surface area contributed by atoms with E-state index in [1.54, 1.807) is 13.2 Å². The summed E-state index contributed by atoms with van der Waals surface area (Å²) in [5.41, 5.74) is 4.00. The number of rotatable bonds is 3. The van der Waals surface area contributed by atoms with Crippen molar-refractivity contribution >= 4 is 27.4 Å². The number of alkyl halides is 3. The predicted octanol–water partition coefficient (Wildman–Crippen LogP) is 3.77. The van der Waals surface area contributed by atoms with Crippen LogP contribution in [0.25, 0.3) is 5.57 Å². The van der Waals surface area contributed by atoms with Gasteiger partial charge in [0.05, 0.1) is 11.6 Å². The van der Waals surface area contributed by atoms with E-state index in [1.165, 1.54) is 0 Å². The highest BCUT2D eigenvalue weighted by atomic mass is 79.9. The van der Waals surface area contributed by atoms with E-state index in [0.29, 0.717) is 5.75 Å². The molecule has 0 spiro atoms. The number of amides is 1. The molecule has 1 aliphatic carbocycles. The fraction of sp³-hybridized carbons (Fsp3) is 0.400. The van der Waals surface area contributed by atoms with Gasteiger partial charge in [0, 0.05) is 6.54 Å². The standard InChI is InChI=1S/C15H15BrF3NO2/c1-8-12-9(5-6-20-14(21)15(17,18)19)3-4-10(12)7-11(16)13(8)22-2/h5,7H,3-4,6H2,1-2H3,(H,20,21)/b9-5-. The Morgan fingerprint density at radius 2 is 2.14 bits per heavy atom. The van der Waals surface area contributed by atoms with E-state index >= 15 is 0 Å². The molecule has 1 aliphatic rings. The molecule has 0 saturated carbocycles. The summed E-state index contributed by atoms with van der Waals surface area (Å²) in [6.45, 7) is 1.76. The zero-order valence-electron chi connectivity index (χ0n) is 12.1. The Morgan fingerprint density at radius 1 is 1.45 bits per heavy atom. The molecule has 1 aromatic carbocycles. The minimum atomic E-state index is -4.85. The van der Waals surface area contributed by atoms with Crippen LogP contribution in [0.3, 0.4) is 0 Å². The van der Waals surface area contributed by atoms with Crippen LogP contribution in [0, 0.1) is 6.92 Å². The van der Waals surface area contributed by atoms with Gasteiger partial charge in [0.15, 0.2) is 0 Å². The lowest BCUT2D eigenvalue weighted by Crippen LogP contribution is -2.36. The summed E-state index contributed by atoms with van der Waals surface area (Å²) in [5, 5.41) is 1.86. The second-order valence-corrected chi connectivity index (χ2v) is 5.84. The van der Waals surface area contributed by atoms with Crippen LogP contribution in [0.4, 0.5) is 13.2 Å². The number of allylic oxidation sites excluding steroid dienone is 1. The van der Waals surface area contributed by atoms with Crippen LogP contribution in [-0.4, -0.2) is 25.7 Å². The van der Waals surface area contributed by atoms with Gasteiger partial charge < -0.3 is 10.1 Å². The monoisotopic (exact) mass is 377 g/mol. The highest BCUT2D eigenvalue weighted by Gasteiger charge is 2.38. The second kappa shape index (κ2) is 6.32. The highest BCUT2D eigenvalue weighted by Crippen LogP contribution is 2.42. The lowest BCUT2D eigenvalue weighted by atomic mass is 10.00. The van der Waals surface area contributed by atoms with E-state index in [9.17, 15) is 18.0 Å². The lowest BCUT2D eigenvalue weighted by molar-refractivity contribution is -0.173. The zero-order valence-corrected chi connectivity index (χ0v) is 13.7. The average molecular weight is 378 g/mol. The van der Waals surface area contributed by atoms with Crippen molar-refractivity contribution in [3.05, 3.63) is 33.3 Å². The highest BCUT2D eigenvalue weighted by molar-refractivity contribution is 9.10. The summed E-state index contributed by atoms with van der Waals surface area (Å²) in [7, 11) is 1.57. The summed E-state index contributed by atoms with van der Waals surface area (Å²) < 4.78 is 42.6. The van der Waals surface area contributed by atoms with Crippen LogP contribution in [0.15, 0.2) is 16.6 Å². The molecule has 0 atom stereocenters. The first-order valence-corrected chi connectivity index (χ1v) is 7.45. The normalized spacial score (nSPS) is 15.8. The number of ether oxygens (including phenoxy) is 1. The minimum absolute atomic E-state index is 0.148. The molecule has 120 valence electrons. The van der Waals surface area contributed by atoms with Gasteiger partial charge in [-0.25, -0.2) is 0 Å². The minimum Gasteiger partial charge on any atom is -0.495 e. The number of carbonyl (C=O) groups is 1. The molecule has 0 aliphatic heterocycles. The molecule has 0 saturated heterocycles. The number of nitrogens with one attached hydrogen (secondary N) is 1. The van der Waals surface area contributed by atoms with Crippen LogP contribution in [-0.2, 0) is 11.2 Å². The van der Waals surface area contributed by atoms with E-state index in [-0.39, 0.29) is 6.54 Å². The third kappa shape index (κ3) is 3.29. The number of aryl methyl sites for hydroxylation is 1. The first-order chi connectivity index (χ1) is 10.3. The Kier molecular flexibility index (Phi) is 4.84. The fourth-order valence-electron chi connectivity index (χ4n) is 2.68. The Hall–Kier alpha value is -1.50. The third-order valence-corrected chi connectivity index (χ3v) is 4.20. The Balaban J connectivity index is 2.21. The van der Waals surface area contributed by atoms with Gasteiger partial charge in [-0.2, -0.15) is 13.2 Å². The molecule has 0 heterocycles. The van der Waals surface area contributed by atoms with Crippen molar-refractivity contribution in [1.29, 1.82) is 0 Å². The first-order valence-electron chi connectivity index (χ1n) is 6.66. The van der Waals surface area contributed by atoms with E-state index in [1.807, 2.05) is 18.3 Å². The Morgan fingerprint density at radius 3 is 2.73 bits per heavy atom. The van der Waals surface area contributed by atoms with Crippen molar-refractivity contribution in [2.24, 2.45) is 0 Å². The number of hydrogen-bond acceptors (Lipinski definition) is 2. The maximum atomic E-state index is 12.1. The van der Waals surface area contributed by atoms with Crippen molar-refractivity contribution in [1.82, 2.24) is 5.32 Å². The van der Waals surface area contributed by atoms with Crippen LogP contribution in [0.1, 0.15) is 23.1 Å². The Labute approximate surface area is 134 Å². The number of methoxy groups -OCH3 is 1. The van der Waals surface area contributed by atoms with Crippen LogP contribution < -0.4 is 10.1 Å². The number of carbonyl (C=O) groups excluding carboxylic acids is 1. The molecule has 1 N–H and O–H groups in total. The lowest BCUT2D eigenvalue weighted by Gasteiger charge is -2.13. The van der Waals surface area contributed by atoms with Gasteiger partial charge in [-0.05, 0) is 64.0 Å². The summed E-state index contributed by atoms with van der Waals surface area (Å²) in [6.07, 6.45) is -1.67. The van der Waals surface area contributed by atoms with E-state index in [2.05, 4.69) is 15.9 Å². The number of hydrogen-bond donors (Lipinski definition) is 1. The maximum absolute atomic E-state index is 12.1. The van der Waals surface area contributed by atoms with Crippen molar-refractivity contribution in [3.63, 3.8) is 0 Å². The molecule has 3 nitrogen and oxygen atoms in total. The average Bonchev–Trinajstić information content (AvgIpc) is 2.81. The molecule has 0 radical (unpaired) electrons. The van der Waals surface area contributed by atoms with Crippen LogP contribution >= 0.6 is 15.9 Å². The molecule has 0 fully saturated rings. The topological polar surface area (TPSA) is 38.3 Å². The smallest absolute Gasteiger partial charge is 0.471 e.